The fourth-order valence-electron chi connectivity index (χ4n) is 3.05. The van der Waals surface area contributed by atoms with Gasteiger partial charge in [0.05, 0.1) is 0 Å². The maximum atomic E-state index is 6.15. The molecule has 0 amide bonds. The van der Waals surface area contributed by atoms with Crippen LogP contribution in [0.25, 0.3) is 0 Å². The summed E-state index contributed by atoms with van der Waals surface area (Å²) in [5, 5.41) is 0. The molecule has 3 aliphatic heterocycles. The van der Waals surface area contributed by atoms with Crippen LogP contribution in [0.15, 0.2) is 0 Å². The van der Waals surface area contributed by atoms with E-state index < -0.39 is 25.1 Å². The summed E-state index contributed by atoms with van der Waals surface area (Å²) in [5.74, 6) is -0.297. The molecule has 0 aromatic rings. The molecule has 0 aromatic heterocycles. The van der Waals surface area contributed by atoms with Crippen LogP contribution in [0.1, 0.15) is 27.7 Å². The first-order chi connectivity index (χ1) is 9.67. The van der Waals surface area contributed by atoms with E-state index >= 15 is 0 Å². The molecule has 7 heteroatoms. The Kier molecular flexibility index (Phi) is 4.46. The van der Waals surface area contributed by atoms with Crippen molar-refractivity contribution in [3.05, 3.63) is 0 Å². The van der Waals surface area contributed by atoms with Gasteiger partial charge in [-0.15, -0.1) is 0 Å². The number of fused-ring (bicyclic) bond motifs is 3. The number of ether oxygens (including phenoxy) is 5. The SMILES string of the molecule is C[As](C)SC[C@H]1O[C@@H]2OC(C)(C)O[C@@H]2[C@H]2OC(C)(C)O[C@H]21. The standard InChI is InChI=1S/C14H25AsO5S/c1-13(2)17-9-8(7-21-15(5)6)16-12-11(10(9)18-13)19-14(3,4)20-12/h8-12H,7H2,1-6H3/t8-,9+,10+,11-,12-/m1/s1. The van der Waals surface area contributed by atoms with E-state index in [0.29, 0.717) is 0 Å². The summed E-state index contributed by atoms with van der Waals surface area (Å²) in [6, 6.07) is 0. The Balaban J connectivity index is 1.78. The average molecular weight is 380 g/mol. The molecule has 3 aliphatic rings. The molecular weight excluding hydrogens is 355 g/mol. The van der Waals surface area contributed by atoms with Crippen molar-refractivity contribution >= 4 is 23.5 Å². The van der Waals surface area contributed by atoms with E-state index in [1.165, 1.54) is 0 Å². The van der Waals surface area contributed by atoms with Crippen molar-refractivity contribution < 1.29 is 23.7 Å². The van der Waals surface area contributed by atoms with Crippen LogP contribution < -0.4 is 0 Å². The van der Waals surface area contributed by atoms with Gasteiger partial charge in [-0.3, -0.25) is 0 Å². The van der Waals surface area contributed by atoms with E-state index in [9.17, 15) is 0 Å². The quantitative estimate of drug-likeness (QED) is 0.701. The van der Waals surface area contributed by atoms with Gasteiger partial charge in [0.2, 0.25) is 0 Å². The van der Waals surface area contributed by atoms with Gasteiger partial charge in [0.25, 0.3) is 0 Å². The van der Waals surface area contributed by atoms with Crippen molar-refractivity contribution in [1.29, 1.82) is 0 Å². The monoisotopic (exact) mass is 380 g/mol. The second kappa shape index (κ2) is 5.66. The molecule has 3 fully saturated rings. The third-order valence-electron chi connectivity index (χ3n) is 3.75. The van der Waals surface area contributed by atoms with Crippen LogP contribution in [0, 0.1) is 0 Å². The summed E-state index contributed by atoms with van der Waals surface area (Å²) in [6.07, 6.45) is -0.790. The molecule has 0 saturated carbocycles. The fraction of sp³-hybridized carbons (Fsp3) is 1.00. The van der Waals surface area contributed by atoms with Gasteiger partial charge in [-0.1, -0.05) is 0 Å². The van der Waals surface area contributed by atoms with Crippen LogP contribution in [0.4, 0.5) is 0 Å². The molecule has 21 heavy (non-hydrogen) atoms. The number of hydrogen-bond acceptors (Lipinski definition) is 6. The van der Waals surface area contributed by atoms with Crippen molar-refractivity contribution in [3.63, 3.8) is 0 Å². The van der Waals surface area contributed by atoms with Gasteiger partial charge in [-0.05, 0) is 0 Å². The topological polar surface area (TPSA) is 46.2 Å². The molecule has 0 unspecified atom stereocenters. The van der Waals surface area contributed by atoms with E-state index in [4.69, 9.17) is 23.7 Å². The Labute approximate surface area is 134 Å². The molecule has 5 nitrogen and oxygen atoms in total. The third-order valence-corrected chi connectivity index (χ3v) is 8.93. The van der Waals surface area contributed by atoms with E-state index in [1.807, 2.05) is 37.7 Å². The minimum absolute atomic E-state index is 0.00250. The summed E-state index contributed by atoms with van der Waals surface area (Å²) >= 11 is -0.763. The van der Waals surface area contributed by atoms with Gasteiger partial charge >= 0.3 is 134 Å². The summed E-state index contributed by atoms with van der Waals surface area (Å²) < 4.78 is 30.2. The normalized spacial score (nSPS) is 43.9. The van der Waals surface area contributed by atoms with Gasteiger partial charge in [0.15, 0.2) is 0 Å². The molecule has 0 aromatic carbocycles. The van der Waals surface area contributed by atoms with Gasteiger partial charge in [0.1, 0.15) is 0 Å². The first-order valence-electron chi connectivity index (χ1n) is 7.34. The molecule has 0 radical (unpaired) electrons. The molecule has 0 spiro atoms. The van der Waals surface area contributed by atoms with E-state index in [-0.39, 0.29) is 30.7 Å². The van der Waals surface area contributed by atoms with Gasteiger partial charge < -0.3 is 0 Å². The summed E-state index contributed by atoms with van der Waals surface area (Å²) in [4.78, 5) is 0. The predicted octanol–water partition coefficient (Wildman–Crippen LogP) is 2.37. The predicted molar refractivity (Wildman–Crippen MR) is 82.5 cm³/mol. The van der Waals surface area contributed by atoms with E-state index in [1.54, 1.807) is 0 Å². The Morgan fingerprint density at radius 1 is 0.857 bits per heavy atom. The molecule has 3 rings (SSSR count). The van der Waals surface area contributed by atoms with E-state index in [0.717, 1.165) is 5.75 Å². The summed E-state index contributed by atoms with van der Waals surface area (Å²) in [5.41, 5.74) is 4.66. The molecule has 122 valence electrons. The zero-order valence-corrected chi connectivity index (χ0v) is 16.2. The Morgan fingerprint density at radius 3 is 2.10 bits per heavy atom. The number of rotatable bonds is 3. The van der Waals surface area contributed by atoms with Gasteiger partial charge in [0, 0.05) is 0 Å². The Morgan fingerprint density at radius 2 is 1.43 bits per heavy atom. The first-order valence-corrected chi connectivity index (χ1v) is 14.3. The minimum atomic E-state index is -0.763. The Bertz CT molecular complexity index is 403. The average Bonchev–Trinajstić information content (AvgIpc) is 2.80. The van der Waals surface area contributed by atoms with Crippen LogP contribution in [0.5, 0.6) is 0 Å². The van der Waals surface area contributed by atoms with Crippen LogP contribution in [-0.2, 0) is 23.7 Å². The van der Waals surface area contributed by atoms with Crippen molar-refractivity contribution in [3.8, 4) is 0 Å². The summed E-state index contributed by atoms with van der Waals surface area (Å²) in [6.45, 7) is 7.72. The maximum absolute atomic E-state index is 6.15. The zero-order chi connectivity index (χ0) is 15.4. The van der Waals surface area contributed by atoms with Gasteiger partial charge in [-0.2, -0.15) is 0 Å². The third kappa shape index (κ3) is 3.47. The van der Waals surface area contributed by atoms with Crippen molar-refractivity contribution in [2.24, 2.45) is 0 Å². The molecule has 5 atom stereocenters. The van der Waals surface area contributed by atoms with E-state index in [2.05, 4.69) is 11.4 Å². The van der Waals surface area contributed by atoms with Gasteiger partial charge in [-0.25, -0.2) is 0 Å². The van der Waals surface area contributed by atoms with Crippen molar-refractivity contribution in [2.75, 3.05) is 5.75 Å². The first kappa shape index (κ1) is 16.6. The second-order valence-corrected chi connectivity index (χ2v) is 16.2. The second-order valence-electron chi connectivity index (χ2n) is 6.82. The van der Waals surface area contributed by atoms with Crippen molar-refractivity contribution in [2.45, 2.75) is 81.4 Å². The van der Waals surface area contributed by atoms with Crippen LogP contribution >= 0.6 is 10.0 Å². The van der Waals surface area contributed by atoms with Crippen LogP contribution in [0.3, 0.4) is 0 Å². The van der Waals surface area contributed by atoms with Crippen LogP contribution in [0.2, 0.25) is 11.4 Å². The van der Waals surface area contributed by atoms with Crippen LogP contribution in [-0.4, -0.2) is 61.5 Å². The van der Waals surface area contributed by atoms with Crippen molar-refractivity contribution in [1.82, 2.24) is 0 Å². The zero-order valence-electron chi connectivity index (χ0n) is 13.5. The molecule has 3 saturated heterocycles. The molecule has 0 N–H and O–H groups in total. The fourth-order valence-corrected chi connectivity index (χ4v) is 6.56. The Hall–Kier alpha value is 0.708. The molecular formula is C14H25AsO5S. The number of hydrogen-bond donors (Lipinski definition) is 0. The molecule has 0 aliphatic carbocycles. The molecule has 3 heterocycles. The summed E-state index contributed by atoms with van der Waals surface area (Å²) in [7, 11) is 2.01. The molecule has 0 bridgehead atoms.